The lowest BCUT2D eigenvalue weighted by Crippen LogP contribution is -2.40. The molecule has 0 spiro atoms. The van der Waals surface area contributed by atoms with E-state index in [1.807, 2.05) is 17.0 Å². The van der Waals surface area contributed by atoms with Crippen LogP contribution in [0.4, 0.5) is 0 Å². The SMILES string of the molecule is Cc1c(C(=O)O)cnn1C1CCN(C(=O)Cc2csc3ccccc23)CC1. The molecule has 3 aromatic rings. The number of aromatic nitrogens is 2. The minimum Gasteiger partial charge on any atom is -0.478 e. The molecule has 2 aromatic heterocycles. The largest absolute Gasteiger partial charge is 0.478 e. The van der Waals surface area contributed by atoms with Crippen molar-refractivity contribution in [3.63, 3.8) is 0 Å². The molecule has 1 aromatic carbocycles. The number of hydrogen-bond acceptors (Lipinski definition) is 4. The molecule has 7 heteroatoms. The van der Waals surface area contributed by atoms with E-state index in [0.29, 0.717) is 25.2 Å². The van der Waals surface area contributed by atoms with Gasteiger partial charge in [-0.05, 0) is 42.2 Å². The van der Waals surface area contributed by atoms with Crippen molar-refractivity contribution >= 4 is 33.3 Å². The van der Waals surface area contributed by atoms with Gasteiger partial charge in [0.1, 0.15) is 5.56 Å². The minimum atomic E-state index is -0.950. The first kappa shape index (κ1) is 17.7. The molecule has 1 aliphatic heterocycles. The van der Waals surface area contributed by atoms with Gasteiger partial charge >= 0.3 is 5.97 Å². The van der Waals surface area contributed by atoms with E-state index in [-0.39, 0.29) is 17.5 Å². The maximum absolute atomic E-state index is 12.7. The fourth-order valence-electron chi connectivity index (χ4n) is 3.81. The molecular formula is C20H21N3O3S. The highest BCUT2D eigenvalue weighted by molar-refractivity contribution is 7.17. The molecule has 0 unspecified atom stereocenters. The van der Waals surface area contributed by atoms with Crippen molar-refractivity contribution in [1.82, 2.24) is 14.7 Å². The van der Waals surface area contributed by atoms with E-state index in [1.54, 1.807) is 22.9 Å². The van der Waals surface area contributed by atoms with E-state index in [9.17, 15) is 14.7 Å². The number of fused-ring (bicyclic) bond motifs is 1. The third kappa shape index (κ3) is 3.35. The van der Waals surface area contributed by atoms with Crippen LogP contribution >= 0.6 is 11.3 Å². The summed E-state index contributed by atoms with van der Waals surface area (Å²) in [5.41, 5.74) is 2.02. The van der Waals surface area contributed by atoms with E-state index < -0.39 is 5.97 Å². The summed E-state index contributed by atoms with van der Waals surface area (Å²) in [5, 5.41) is 16.7. The zero-order chi connectivity index (χ0) is 19.0. The van der Waals surface area contributed by atoms with Gasteiger partial charge in [0, 0.05) is 17.8 Å². The quantitative estimate of drug-likeness (QED) is 0.748. The Morgan fingerprint density at radius 2 is 2.00 bits per heavy atom. The van der Waals surface area contributed by atoms with Crippen LogP contribution in [0.15, 0.2) is 35.8 Å². The molecule has 0 saturated carbocycles. The fraction of sp³-hybridized carbons (Fsp3) is 0.350. The molecule has 27 heavy (non-hydrogen) atoms. The van der Waals surface area contributed by atoms with Gasteiger partial charge in [0.2, 0.25) is 5.91 Å². The number of hydrogen-bond donors (Lipinski definition) is 1. The molecule has 0 aliphatic carbocycles. The van der Waals surface area contributed by atoms with Crippen LogP contribution in [0.25, 0.3) is 10.1 Å². The standard InChI is InChI=1S/C20H21N3O3S/c1-13-17(20(25)26)11-21-23(13)15-6-8-22(9-7-15)19(24)10-14-12-27-18-5-3-2-4-16(14)18/h2-5,11-12,15H,6-10H2,1H3,(H,25,26). The summed E-state index contributed by atoms with van der Waals surface area (Å²) in [5.74, 6) is -0.797. The normalized spacial score (nSPS) is 15.4. The number of carbonyl (C=O) groups excluding carboxylic acids is 1. The third-order valence-electron chi connectivity index (χ3n) is 5.34. The lowest BCUT2D eigenvalue weighted by atomic mass is 10.0. The highest BCUT2D eigenvalue weighted by Gasteiger charge is 2.26. The van der Waals surface area contributed by atoms with Gasteiger partial charge in [-0.25, -0.2) is 4.79 Å². The monoisotopic (exact) mass is 383 g/mol. The van der Waals surface area contributed by atoms with Crippen molar-refractivity contribution in [3.05, 3.63) is 52.7 Å². The third-order valence-corrected chi connectivity index (χ3v) is 6.35. The lowest BCUT2D eigenvalue weighted by molar-refractivity contribution is -0.131. The predicted molar refractivity (Wildman–Crippen MR) is 104 cm³/mol. The number of nitrogens with zero attached hydrogens (tertiary/aromatic N) is 3. The number of thiophene rings is 1. The van der Waals surface area contributed by atoms with Crippen LogP contribution in [0.1, 0.15) is 40.5 Å². The Kier molecular flexibility index (Phi) is 4.70. The summed E-state index contributed by atoms with van der Waals surface area (Å²) in [7, 11) is 0. The Morgan fingerprint density at radius 3 is 2.70 bits per heavy atom. The molecule has 1 N–H and O–H groups in total. The molecule has 140 valence electrons. The smallest absolute Gasteiger partial charge is 0.339 e. The van der Waals surface area contributed by atoms with Crippen LogP contribution in [0, 0.1) is 6.92 Å². The van der Waals surface area contributed by atoms with E-state index in [4.69, 9.17) is 0 Å². The van der Waals surface area contributed by atoms with Crippen LogP contribution in [0.3, 0.4) is 0 Å². The number of carboxylic acids is 1. The van der Waals surface area contributed by atoms with Gasteiger partial charge in [-0.3, -0.25) is 9.48 Å². The van der Waals surface area contributed by atoms with Crippen molar-refractivity contribution in [2.75, 3.05) is 13.1 Å². The van der Waals surface area contributed by atoms with Gasteiger partial charge in [-0.2, -0.15) is 5.10 Å². The zero-order valence-electron chi connectivity index (χ0n) is 15.1. The summed E-state index contributed by atoms with van der Waals surface area (Å²) in [6, 6.07) is 8.32. The Bertz CT molecular complexity index is 999. The molecule has 6 nitrogen and oxygen atoms in total. The second kappa shape index (κ2) is 7.15. The van der Waals surface area contributed by atoms with E-state index in [0.717, 1.165) is 18.4 Å². The first-order valence-electron chi connectivity index (χ1n) is 9.05. The summed E-state index contributed by atoms with van der Waals surface area (Å²) >= 11 is 1.68. The number of piperidine rings is 1. The molecule has 0 bridgehead atoms. The molecule has 1 amide bonds. The number of rotatable bonds is 4. The summed E-state index contributed by atoms with van der Waals surface area (Å²) in [6.07, 6.45) is 3.42. The number of benzene rings is 1. The van der Waals surface area contributed by atoms with Crippen LogP contribution < -0.4 is 0 Å². The molecule has 0 atom stereocenters. The highest BCUT2D eigenvalue weighted by atomic mass is 32.1. The maximum atomic E-state index is 12.7. The summed E-state index contributed by atoms with van der Waals surface area (Å²) in [4.78, 5) is 25.9. The lowest BCUT2D eigenvalue weighted by Gasteiger charge is -2.32. The van der Waals surface area contributed by atoms with Crippen LogP contribution in [0.5, 0.6) is 0 Å². The molecule has 3 heterocycles. The topological polar surface area (TPSA) is 75.4 Å². The Balaban J connectivity index is 1.40. The summed E-state index contributed by atoms with van der Waals surface area (Å²) < 4.78 is 3.01. The highest BCUT2D eigenvalue weighted by Crippen LogP contribution is 2.28. The molecule has 0 radical (unpaired) electrons. The maximum Gasteiger partial charge on any atom is 0.339 e. The van der Waals surface area contributed by atoms with Gasteiger partial charge in [0.15, 0.2) is 0 Å². The molecule has 1 aliphatic rings. The van der Waals surface area contributed by atoms with E-state index >= 15 is 0 Å². The Hall–Kier alpha value is -2.67. The van der Waals surface area contributed by atoms with Gasteiger partial charge in [-0.15, -0.1) is 11.3 Å². The van der Waals surface area contributed by atoms with Crippen molar-refractivity contribution < 1.29 is 14.7 Å². The molecule has 4 rings (SSSR count). The van der Waals surface area contributed by atoms with Gasteiger partial charge in [-0.1, -0.05) is 18.2 Å². The first-order chi connectivity index (χ1) is 13.0. The van der Waals surface area contributed by atoms with Crippen LogP contribution in [-0.4, -0.2) is 44.8 Å². The minimum absolute atomic E-state index is 0.143. The zero-order valence-corrected chi connectivity index (χ0v) is 15.9. The second-order valence-electron chi connectivity index (χ2n) is 6.94. The second-order valence-corrected chi connectivity index (χ2v) is 7.85. The van der Waals surface area contributed by atoms with Crippen molar-refractivity contribution in [3.8, 4) is 0 Å². The van der Waals surface area contributed by atoms with Gasteiger partial charge < -0.3 is 10.0 Å². The molecule has 1 fully saturated rings. The molecule has 1 saturated heterocycles. The average molecular weight is 383 g/mol. The number of aromatic carboxylic acids is 1. The average Bonchev–Trinajstić information content (AvgIpc) is 3.26. The first-order valence-corrected chi connectivity index (χ1v) is 9.93. The number of amides is 1. The van der Waals surface area contributed by atoms with E-state index in [1.165, 1.54) is 16.3 Å². The predicted octanol–water partition coefficient (Wildman–Crippen LogP) is 3.51. The van der Waals surface area contributed by atoms with Crippen molar-refractivity contribution in [2.24, 2.45) is 0 Å². The Labute approximate surface area is 161 Å². The van der Waals surface area contributed by atoms with Gasteiger partial charge in [0.25, 0.3) is 0 Å². The van der Waals surface area contributed by atoms with E-state index in [2.05, 4.69) is 22.6 Å². The number of carboxylic acid groups (broad SMARTS) is 1. The van der Waals surface area contributed by atoms with Crippen LogP contribution in [0.2, 0.25) is 0 Å². The fourth-order valence-corrected chi connectivity index (χ4v) is 4.77. The van der Waals surface area contributed by atoms with Crippen molar-refractivity contribution in [2.45, 2.75) is 32.2 Å². The number of likely N-dealkylation sites (tertiary alicyclic amines) is 1. The van der Waals surface area contributed by atoms with Crippen LogP contribution in [-0.2, 0) is 11.2 Å². The van der Waals surface area contributed by atoms with Crippen molar-refractivity contribution in [1.29, 1.82) is 0 Å². The number of carbonyl (C=O) groups is 2. The van der Waals surface area contributed by atoms with Gasteiger partial charge in [0.05, 0.1) is 24.4 Å². The molecular weight excluding hydrogens is 362 g/mol. The summed E-state index contributed by atoms with van der Waals surface area (Å²) in [6.45, 7) is 3.14. The Morgan fingerprint density at radius 1 is 1.26 bits per heavy atom.